The Morgan fingerprint density at radius 1 is 1.62 bits per heavy atom. The third-order valence-electron chi connectivity index (χ3n) is 1.93. The number of anilines is 1. The first-order valence-electron chi connectivity index (χ1n) is 4.41. The molecule has 1 aromatic rings. The number of nitrogens with one attached hydrogen (secondary N) is 1. The van der Waals surface area contributed by atoms with E-state index in [0.29, 0.717) is 24.9 Å². The maximum absolute atomic E-state index is 5.10. The molecule has 0 atom stereocenters. The van der Waals surface area contributed by atoms with Gasteiger partial charge in [0.2, 0.25) is 0 Å². The van der Waals surface area contributed by atoms with Crippen LogP contribution in [0.25, 0.3) is 0 Å². The highest BCUT2D eigenvalue weighted by atomic mass is 16.5. The quantitative estimate of drug-likeness (QED) is 0.557. The van der Waals surface area contributed by atoms with Crippen molar-refractivity contribution in [3.05, 3.63) is 5.82 Å². The number of rotatable bonds is 4. The van der Waals surface area contributed by atoms with Gasteiger partial charge in [-0.1, -0.05) is 5.16 Å². The Hall–Kier alpha value is -1.50. The zero-order valence-corrected chi connectivity index (χ0v) is 7.29. The van der Waals surface area contributed by atoms with Gasteiger partial charge in [-0.05, 0) is 12.8 Å². The second-order valence-corrected chi connectivity index (χ2v) is 3.11. The molecule has 4 nitrogen and oxygen atoms in total. The number of aromatic nitrogens is 2. The van der Waals surface area contributed by atoms with Crippen LogP contribution in [0.3, 0.4) is 0 Å². The molecule has 13 heavy (non-hydrogen) atoms. The van der Waals surface area contributed by atoms with Crippen molar-refractivity contribution in [2.45, 2.75) is 25.2 Å². The Kier molecular flexibility index (Phi) is 2.17. The highest BCUT2D eigenvalue weighted by molar-refractivity contribution is 5.20. The summed E-state index contributed by atoms with van der Waals surface area (Å²) in [5.74, 6) is 3.88. The van der Waals surface area contributed by atoms with Crippen LogP contribution in [0.2, 0.25) is 0 Å². The summed E-state index contributed by atoms with van der Waals surface area (Å²) >= 11 is 0. The minimum Gasteiger partial charge on any atom is -0.337 e. The van der Waals surface area contributed by atoms with Crippen molar-refractivity contribution in [3.8, 4) is 12.3 Å². The minimum absolute atomic E-state index is 0.483. The number of terminal acetylenes is 1. The third kappa shape index (κ3) is 2.00. The summed E-state index contributed by atoms with van der Waals surface area (Å²) in [7, 11) is 0. The normalized spacial score (nSPS) is 15.3. The third-order valence-corrected chi connectivity index (χ3v) is 1.93. The molecule has 1 aliphatic carbocycles. The molecule has 1 aliphatic rings. The Labute approximate surface area is 76.7 Å². The predicted molar refractivity (Wildman–Crippen MR) is 48.2 cm³/mol. The van der Waals surface area contributed by atoms with E-state index >= 15 is 0 Å². The van der Waals surface area contributed by atoms with Crippen molar-refractivity contribution in [1.29, 1.82) is 0 Å². The lowest BCUT2D eigenvalue weighted by molar-refractivity contribution is 0.423. The van der Waals surface area contributed by atoms with E-state index in [1.165, 1.54) is 12.8 Å². The molecule has 1 aromatic heterocycles. The van der Waals surface area contributed by atoms with E-state index in [2.05, 4.69) is 21.4 Å². The van der Waals surface area contributed by atoms with E-state index < -0.39 is 0 Å². The summed E-state index contributed by atoms with van der Waals surface area (Å²) < 4.78 is 4.97. The van der Waals surface area contributed by atoms with Gasteiger partial charge in [0.15, 0.2) is 5.82 Å². The fraction of sp³-hybridized carbons (Fsp3) is 0.556. The molecule has 1 heterocycles. The van der Waals surface area contributed by atoms with Crippen LogP contribution in [0.5, 0.6) is 0 Å². The number of nitrogens with zero attached hydrogens (tertiary/aromatic N) is 2. The molecule has 0 unspecified atom stereocenters. The van der Waals surface area contributed by atoms with Crippen molar-refractivity contribution < 1.29 is 4.52 Å². The summed E-state index contributed by atoms with van der Waals surface area (Å²) in [6, 6.07) is 0.483. The average Bonchev–Trinajstić information content (AvgIpc) is 2.88. The summed E-state index contributed by atoms with van der Waals surface area (Å²) in [6.07, 6.45) is 8.13. The lowest BCUT2D eigenvalue weighted by Crippen LogP contribution is -2.00. The van der Waals surface area contributed by atoms with Crippen LogP contribution in [0.1, 0.15) is 31.0 Å². The monoisotopic (exact) mass is 177 g/mol. The first-order valence-corrected chi connectivity index (χ1v) is 4.41. The van der Waals surface area contributed by atoms with Crippen molar-refractivity contribution >= 4 is 6.01 Å². The van der Waals surface area contributed by atoms with Crippen molar-refractivity contribution in [2.24, 2.45) is 0 Å². The smallest absolute Gasteiger partial charge is 0.321 e. The Morgan fingerprint density at radius 2 is 2.46 bits per heavy atom. The Morgan fingerprint density at radius 3 is 3.15 bits per heavy atom. The molecule has 68 valence electrons. The van der Waals surface area contributed by atoms with E-state index in [4.69, 9.17) is 10.9 Å². The van der Waals surface area contributed by atoms with E-state index in [1.54, 1.807) is 0 Å². The zero-order valence-electron chi connectivity index (χ0n) is 7.29. The van der Waals surface area contributed by atoms with Gasteiger partial charge in [-0.2, -0.15) is 4.98 Å². The van der Waals surface area contributed by atoms with Crippen LogP contribution in [-0.2, 0) is 0 Å². The molecular weight excluding hydrogens is 166 g/mol. The lowest BCUT2D eigenvalue weighted by atomic mass is 10.4. The van der Waals surface area contributed by atoms with Gasteiger partial charge in [-0.3, -0.25) is 0 Å². The average molecular weight is 177 g/mol. The van der Waals surface area contributed by atoms with Gasteiger partial charge in [0, 0.05) is 18.9 Å². The van der Waals surface area contributed by atoms with E-state index in [1.807, 2.05) is 0 Å². The summed E-state index contributed by atoms with van der Waals surface area (Å²) in [5.41, 5.74) is 0. The molecule has 0 bridgehead atoms. The van der Waals surface area contributed by atoms with E-state index in [-0.39, 0.29) is 0 Å². The van der Waals surface area contributed by atoms with Gasteiger partial charge in [0.25, 0.3) is 0 Å². The van der Waals surface area contributed by atoms with Crippen LogP contribution in [0.15, 0.2) is 4.52 Å². The molecule has 0 aromatic carbocycles. The van der Waals surface area contributed by atoms with Crippen molar-refractivity contribution in [1.82, 2.24) is 10.1 Å². The topological polar surface area (TPSA) is 51.0 Å². The van der Waals surface area contributed by atoms with Gasteiger partial charge in [-0.15, -0.1) is 12.3 Å². The standard InChI is InChI=1S/C9H11N3O/c1-2-3-6-10-9-11-8(12-13-9)7-4-5-7/h1,7H,3-6H2,(H,10,11,12). The second kappa shape index (κ2) is 3.48. The first-order chi connectivity index (χ1) is 6.40. The maximum atomic E-state index is 5.10. The molecule has 1 fully saturated rings. The molecule has 0 saturated heterocycles. The molecule has 1 saturated carbocycles. The van der Waals surface area contributed by atoms with Gasteiger partial charge in [-0.25, -0.2) is 0 Å². The van der Waals surface area contributed by atoms with Crippen LogP contribution in [-0.4, -0.2) is 16.7 Å². The predicted octanol–water partition coefficient (Wildman–Crippen LogP) is 1.38. The summed E-state index contributed by atoms with van der Waals surface area (Å²) in [4.78, 5) is 4.19. The van der Waals surface area contributed by atoms with E-state index in [0.717, 1.165) is 5.82 Å². The van der Waals surface area contributed by atoms with Crippen LogP contribution in [0, 0.1) is 12.3 Å². The highest BCUT2D eigenvalue weighted by Gasteiger charge is 2.28. The van der Waals surface area contributed by atoms with Crippen LogP contribution in [0.4, 0.5) is 6.01 Å². The van der Waals surface area contributed by atoms with Crippen molar-refractivity contribution in [2.75, 3.05) is 11.9 Å². The molecule has 4 heteroatoms. The van der Waals surface area contributed by atoms with Gasteiger partial charge < -0.3 is 9.84 Å². The van der Waals surface area contributed by atoms with Gasteiger partial charge in [0.05, 0.1) is 0 Å². The van der Waals surface area contributed by atoms with Gasteiger partial charge >= 0.3 is 6.01 Å². The van der Waals surface area contributed by atoms with E-state index in [9.17, 15) is 0 Å². The summed E-state index contributed by atoms with van der Waals surface area (Å²) in [5, 5.41) is 6.82. The van der Waals surface area contributed by atoms with Crippen LogP contribution < -0.4 is 5.32 Å². The second-order valence-electron chi connectivity index (χ2n) is 3.11. The molecule has 0 spiro atoms. The maximum Gasteiger partial charge on any atom is 0.321 e. The Balaban J connectivity index is 1.86. The Bertz CT molecular complexity index is 322. The number of hydrogen-bond donors (Lipinski definition) is 1. The first kappa shape index (κ1) is 8.11. The fourth-order valence-electron chi connectivity index (χ4n) is 1.06. The zero-order chi connectivity index (χ0) is 9.10. The molecule has 1 N–H and O–H groups in total. The minimum atomic E-state index is 0.483. The largest absolute Gasteiger partial charge is 0.337 e. The highest BCUT2D eigenvalue weighted by Crippen LogP contribution is 2.38. The van der Waals surface area contributed by atoms with Crippen molar-refractivity contribution in [3.63, 3.8) is 0 Å². The fourth-order valence-corrected chi connectivity index (χ4v) is 1.06. The SMILES string of the molecule is C#CCCNc1nc(C2CC2)no1. The summed E-state index contributed by atoms with van der Waals surface area (Å²) in [6.45, 7) is 0.683. The molecule has 0 amide bonds. The molecule has 2 rings (SSSR count). The number of hydrogen-bond acceptors (Lipinski definition) is 4. The molecule has 0 radical (unpaired) electrons. The van der Waals surface area contributed by atoms with Crippen LogP contribution >= 0.6 is 0 Å². The molecular formula is C9H11N3O. The lowest BCUT2D eigenvalue weighted by Gasteiger charge is -1.93. The van der Waals surface area contributed by atoms with Gasteiger partial charge in [0.1, 0.15) is 0 Å². The molecule has 0 aliphatic heterocycles.